The number of hydrogen-bond donors (Lipinski definition) is 3. The van der Waals surface area contributed by atoms with Crippen LogP contribution in [0.3, 0.4) is 0 Å². The molecule has 1 aromatic rings. The number of guanidine groups is 1. The number of nitrogens with one attached hydrogen (secondary N) is 2. The normalized spacial score (nSPS) is 23.5. The van der Waals surface area contributed by atoms with Gasteiger partial charge in [-0.3, -0.25) is 4.99 Å². The van der Waals surface area contributed by atoms with Crippen molar-refractivity contribution >= 4 is 29.9 Å². The maximum Gasteiger partial charge on any atom is 0.191 e. The third kappa shape index (κ3) is 6.92. The average molecular weight is 461 g/mol. The number of methoxy groups -OCH3 is 1. The van der Waals surface area contributed by atoms with Crippen molar-refractivity contribution < 1.29 is 9.84 Å². The number of aliphatic imine (C=N–C) groups is 1. The molecule has 2 rings (SSSR count). The smallest absolute Gasteiger partial charge is 0.191 e. The van der Waals surface area contributed by atoms with E-state index in [1.807, 2.05) is 12.1 Å². The van der Waals surface area contributed by atoms with E-state index in [0.29, 0.717) is 11.8 Å². The molecule has 25 heavy (non-hydrogen) atoms. The third-order valence-corrected chi connectivity index (χ3v) is 4.72. The molecule has 0 radical (unpaired) electrons. The Morgan fingerprint density at radius 3 is 2.48 bits per heavy atom. The van der Waals surface area contributed by atoms with E-state index < -0.39 is 0 Å². The Morgan fingerprint density at radius 1 is 1.24 bits per heavy atom. The molecule has 0 aliphatic heterocycles. The second kappa shape index (κ2) is 10.7. The fourth-order valence-corrected chi connectivity index (χ4v) is 3.65. The van der Waals surface area contributed by atoms with Gasteiger partial charge in [0.05, 0.1) is 7.11 Å². The number of ether oxygens (including phenoxy) is 1. The molecule has 0 spiro atoms. The summed E-state index contributed by atoms with van der Waals surface area (Å²) in [6, 6.07) is 5.90. The van der Waals surface area contributed by atoms with Crippen molar-refractivity contribution in [3.63, 3.8) is 0 Å². The molecule has 1 fully saturated rings. The maximum atomic E-state index is 10.0. The topological polar surface area (TPSA) is 65.9 Å². The van der Waals surface area contributed by atoms with Gasteiger partial charge in [0.25, 0.3) is 0 Å². The minimum atomic E-state index is 0. The lowest BCUT2D eigenvalue weighted by Crippen LogP contribution is -2.46. The van der Waals surface area contributed by atoms with Crippen LogP contribution in [-0.4, -0.2) is 37.8 Å². The number of phenolic OH excluding ortho intramolecular Hbond substituents is 1. The summed E-state index contributed by atoms with van der Waals surface area (Å²) in [6.07, 6.45) is 4.45. The van der Waals surface area contributed by atoms with Crippen LogP contribution in [0.15, 0.2) is 23.2 Å². The van der Waals surface area contributed by atoms with Gasteiger partial charge in [-0.2, -0.15) is 0 Å². The summed E-state index contributed by atoms with van der Waals surface area (Å²) in [7, 11) is 3.40. The SMILES string of the molecule is CN=C(NCCc1ccc(OC)cc1O)NC1CC(C)CC(C)C1.I. The van der Waals surface area contributed by atoms with Crippen molar-refractivity contribution in [3.8, 4) is 11.5 Å². The Bertz CT molecular complexity index is 556. The van der Waals surface area contributed by atoms with Gasteiger partial charge in [-0.1, -0.05) is 19.9 Å². The Kier molecular flexibility index (Phi) is 9.38. The van der Waals surface area contributed by atoms with Crippen LogP contribution < -0.4 is 15.4 Å². The van der Waals surface area contributed by atoms with Gasteiger partial charge < -0.3 is 20.5 Å². The van der Waals surface area contributed by atoms with Crippen molar-refractivity contribution in [3.05, 3.63) is 23.8 Å². The van der Waals surface area contributed by atoms with E-state index in [9.17, 15) is 5.11 Å². The molecule has 3 N–H and O–H groups in total. The lowest BCUT2D eigenvalue weighted by molar-refractivity contribution is 0.255. The molecule has 0 saturated heterocycles. The van der Waals surface area contributed by atoms with Crippen LogP contribution in [0, 0.1) is 11.8 Å². The highest BCUT2D eigenvalue weighted by molar-refractivity contribution is 14.0. The maximum absolute atomic E-state index is 10.0. The lowest BCUT2D eigenvalue weighted by Gasteiger charge is -2.32. The van der Waals surface area contributed by atoms with Crippen LogP contribution in [0.1, 0.15) is 38.7 Å². The summed E-state index contributed by atoms with van der Waals surface area (Å²) in [4.78, 5) is 4.33. The molecular formula is C19H32IN3O2. The largest absolute Gasteiger partial charge is 0.508 e. The van der Waals surface area contributed by atoms with Crippen LogP contribution in [0.2, 0.25) is 0 Å². The molecule has 142 valence electrons. The molecule has 6 heteroatoms. The number of aromatic hydroxyl groups is 1. The summed E-state index contributed by atoms with van der Waals surface area (Å²) in [5, 5.41) is 16.9. The van der Waals surface area contributed by atoms with E-state index in [4.69, 9.17) is 4.74 Å². The molecule has 0 aromatic heterocycles. The minimum Gasteiger partial charge on any atom is -0.508 e. The molecule has 1 aliphatic rings. The predicted octanol–water partition coefficient (Wildman–Crippen LogP) is 3.55. The number of rotatable bonds is 5. The molecule has 0 heterocycles. The lowest BCUT2D eigenvalue weighted by atomic mass is 9.80. The first-order valence-electron chi connectivity index (χ1n) is 8.84. The second-order valence-electron chi connectivity index (χ2n) is 7.00. The Labute approximate surface area is 168 Å². The van der Waals surface area contributed by atoms with Gasteiger partial charge in [0.1, 0.15) is 11.5 Å². The van der Waals surface area contributed by atoms with Gasteiger partial charge in [-0.25, -0.2) is 0 Å². The first-order valence-corrected chi connectivity index (χ1v) is 8.84. The number of hydrogen-bond acceptors (Lipinski definition) is 3. The van der Waals surface area contributed by atoms with Crippen molar-refractivity contribution in [2.45, 2.75) is 45.6 Å². The van der Waals surface area contributed by atoms with E-state index >= 15 is 0 Å². The average Bonchev–Trinajstić information content (AvgIpc) is 2.54. The highest BCUT2D eigenvalue weighted by Crippen LogP contribution is 2.28. The Balaban J connectivity index is 0.00000312. The van der Waals surface area contributed by atoms with Crippen molar-refractivity contribution in [2.75, 3.05) is 20.7 Å². The third-order valence-electron chi connectivity index (χ3n) is 4.72. The number of phenols is 1. The van der Waals surface area contributed by atoms with Crippen molar-refractivity contribution in [1.82, 2.24) is 10.6 Å². The van der Waals surface area contributed by atoms with Crippen LogP contribution in [0.25, 0.3) is 0 Å². The van der Waals surface area contributed by atoms with E-state index in [-0.39, 0.29) is 29.7 Å². The van der Waals surface area contributed by atoms with Crippen LogP contribution in [-0.2, 0) is 6.42 Å². The first-order chi connectivity index (χ1) is 11.5. The van der Waals surface area contributed by atoms with Gasteiger partial charge >= 0.3 is 0 Å². The molecule has 2 atom stereocenters. The number of halogens is 1. The summed E-state index contributed by atoms with van der Waals surface area (Å²) >= 11 is 0. The molecule has 1 aromatic carbocycles. The van der Waals surface area contributed by atoms with Crippen LogP contribution in [0.5, 0.6) is 11.5 Å². The van der Waals surface area contributed by atoms with E-state index in [2.05, 4.69) is 29.5 Å². The standard InChI is InChI=1S/C19H31N3O2.HI/c1-13-9-14(2)11-16(10-13)22-19(20-3)21-8-7-15-5-6-17(24-4)12-18(15)23;/h5-6,12-14,16,23H,7-11H2,1-4H3,(H2,20,21,22);1H. The molecule has 2 unspecified atom stereocenters. The Morgan fingerprint density at radius 2 is 1.92 bits per heavy atom. The molecule has 0 amide bonds. The summed E-state index contributed by atoms with van der Waals surface area (Å²) in [6.45, 7) is 5.37. The van der Waals surface area contributed by atoms with E-state index in [1.165, 1.54) is 19.3 Å². The zero-order chi connectivity index (χ0) is 17.5. The van der Waals surface area contributed by atoms with Gasteiger partial charge in [0.15, 0.2) is 5.96 Å². The Hall–Kier alpha value is -1.18. The summed E-state index contributed by atoms with van der Waals surface area (Å²) in [5.41, 5.74) is 0.902. The zero-order valence-corrected chi connectivity index (χ0v) is 18.0. The number of benzene rings is 1. The van der Waals surface area contributed by atoms with E-state index in [1.54, 1.807) is 20.2 Å². The van der Waals surface area contributed by atoms with Gasteiger partial charge in [0.2, 0.25) is 0 Å². The van der Waals surface area contributed by atoms with Gasteiger partial charge in [-0.15, -0.1) is 24.0 Å². The fourth-order valence-electron chi connectivity index (χ4n) is 3.65. The molecule has 1 aliphatic carbocycles. The fraction of sp³-hybridized carbons (Fsp3) is 0.632. The highest BCUT2D eigenvalue weighted by atomic mass is 127. The van der Waals surface area contributed by atoms with Crippen molar-refractivity contribution in [1.29, 1.82) is 0 Å². The summed E-state index contributed by atoms with van der Waals surface area (Å²) in [5.74, 6) is 3.31. The van der Waals surface area contributed by atoms with Crippen LogP contribution >= 0.6 is 24.0 Å². The van der Waals surface area contributed by atoms with Gasteiger partial charge in [0, 0.05) is 25.7 Å². The van der Waals surface area contributed by atoms with Crippen molar-refractivity contribution in [2.24, 2.45) is 16.8 Å². The monoisotopic (exact) mass is 461 g/mol. The quantitative estimate of drug-likeness (QED) is 0.357. The molecule has 0 bridgehead atoms. The van der Waals surface area contributed by atoms with Gasteiger partial charge in [-0.05, 0) is 49.1 Å². The molecule has 1 saturated carbocycles. The molecule has 5 nitrogen and oxygen atoms in total. The second-order valence-corrected chi connectivity index (χ2v) is 7.00. The van der Waals surface area contributed by atoms with Crippen LogP contribution in [0.4, 0.5) is 0 Å². The summed E-state index contributed by atoms with van der Waals surface area (Å²) < 4.78 is 5.11. The minimum absolute atomic E-state index is 0. The van der Waals surface area contributed by atoms with E-state index in [0.717, 1.165) is 36.3 Å². The first kappa shape index (κ1) is 21.9. The highest BCUT2D eigenvalue weighted by Gasteiger charge is 2.24. The number of nitrogens with zero attached hydrogens (tertiary/aromatic N) is 1. The molecular weight excluding hydrogens is 429 g/mol. The zero-order valence-electron chi connectivity index (χ0n) is 15.7. The predicted molar refractivity (Wildman–Crippen MR) is 114 cm³/mol.